The van der Waals surface area contributed by atoms with E-state index in [1.165, 1.54) is 18.2 Å². The molecular weight excluding hydrogens is 360 g/mol. The number of alkyl halides is 1. The molecule has 0 radical (unpaired) electrons. The summed E-state index contributed by atoms with van der Waals surface area (Å²) >= 11 is 8.35. The summed E-state index contributed by atoms with van der Waals surface area (Å²) in [7, 11) is 0. The van der Waals surface area contributed by atoms with Crippen LogP contribution in [0, 0.1) is 11.6 Å². The van der Waals surface area contributed by atoms with E-state index in [4.69, 9.17) is 18.0 Å². The highest BCUT2D eigenvalue weighted by molar-refractivity contribution is 9.10. The zero-order valence-electron chi connectivity index (χ0n) is 11.0. The number of thiocarbonyl (C=S) groups is 1. The molecule has 0 bridgehead atoms. The van der Waals surface area contributed by atoms with E-state index in [0.717, 1.165) is 0 Å². The fraction of sp³-hybridized carbons (Fsp3) is 0.214. The standard InChI is InChI=1S/C14H14BrF2N3S/c15-14(19-13(18)21)7-1-2-8-20(14)9-6-10-11(16)4-3-5-12(10)17/h1-5,7-8H,6,9H2,(H3,18,19,21). The van der Waals surface area contributed by atoms with E-state index >= 15 is 0 Å². The molecule has 112 valence electrons. The monoisotopic (exact) mass is 373 g/mol. The van der Waals surface area contributed by atoms with Crippen molar-refractivity contribution in [2.24, 2.45) is 5.73 Å². The maximum absolute atomic E-state index is 13.6. The summed E-state index contributed by atoms with van der Waals surface area (Å²) in [5.41, 5.74) is 5.57. The van der Waals surface area contributed by atoms with Crippen LogP contribution in [0.2, 0.25) is 0 Å². The van der Waals surface area contributed by atoms with Gasteiger partial charge in [0.2, 0.25) is 0 Å². The lowest BCUT2D eigenvalue weighted by atomic mass is 10.1. The molecule has 21 heavy (non-hydrogen) atoms. The molecule has 3 N–H and O–H groups in total. The van der Waals surface area contributed by atoms with Crippen LogP contribution in [-0.4, -0.2) is 21.1 Å². The van der Waals surface area contributed by atoms with Crippen molar-refractivity contribution in [3.05, 3.63) is 59.8 Å². The third kappa shape index (κ3) is 3.79. The second kappa shape index (κ2) is 6.53. The highest BCUT2D eigenvalue weighted by Gasteiger charge is 2.31. The summed E-state index contributed by atoms with van der Waals surface area (Å²) < 4.78 is 26.5. The van der Waals surface area contributed by atoms with Crippen LogP contribution in [0.25, 0.3) is 0 Å². The van der Waals surface area contributed by atoms with Crippen molar-refractivity contribution in [2.45, 2.75) is 11.0 Å². The number of hydrogen-bond donors (Lipinski definition) is 2. The molecule has 0 aliphatic carbocycles. The van der Waals surface area contributed by atoms with Gasteiger partial charge >= 0.3 is 0 Å². The number of rotatable bonds is 4. The average Bonchev–Trinajstić information content (AvgIpc) is 2.39. The molecule has 7 heteroatoms. The van der Waals surface area contributed by atoms with Gasteiger partial charge < -0.3 is 16.0 Å². The summed E-state index contributed by atoms with van der Waals surface area (Å²) in [5, 5.41) is 3.02. The summed E-state index contributed by atoms with van der Waals surface area (Å²) in [6.07, 6.45) is 7.45. The minimum atomic E-state index is -0.796. The van der Waals surface area contributed by atoms with Crippen LogP contribution < -0.4 is 11.1 Å². The molecule has 0 fully saturated rings. The number of nitrogens with one attached hydrogen (secondary N) is 1. The molecule has 1 heterocycles. The fourth-order valence-electron chi connectivity index (χ4n) is 2.07. The summed E-state index contributed by atoms with van der Waals surface area (Å²) in [5.74, 6) is -1.09. The molecule has 1 aliphatic rings. The van der Waals surface area contributed by atoms with Crippen molar-refractivity contribution >= 4 is 33.3 Å². The Labute approximate surface area is 135 Å². The Balaban J connectivity index is 2.12. The van der Waals surface area contributed by atoms with Gasteiger partial charge in [-0.3, -0.25) is 0 Å². The van der Waals surface area contributed by atoms with E-state index in [9.17, 15) is 8.78 Å². The van der Waals surface area contributed by atoms with Crippen molar-refractivity contribution < 1.29 is 8.78 Å². The van der Waals surface area contributed by atoms with Gasteiger partial charge in [-0.2, -0.15) is 0 Å². The Morgan fingerprint density at radius 2 is 2.00 bits per heavy atom. The van der Waals surface area contributed by atoms with E-state index < -0.39 is 16.2 Å². The molecule has 0 aromatic heterocycles. The van der Waals surface area contributed by atoms with Gasteiger partial charge in [-0.15, -0.1) is 0 Å². The number of hydrogen-bond acceptors (Lipinski definition) is 2. The molecule has 1 aromatic carbocycles. The van der Waals surface area contributed by atoms with Crippen LogP contribution >= 0.6 is 28.1 Å². The maximum atomic E-state index is 13.6. The largest absolute Gasteiger partial charge is 0.376 e. The van der Waals surface area contributed by atoms with E-state index in [1.54, 1.807) is 6.20 Å². The average molecular weight is 374 g/mol. The highest BCUT2D eigenvalue weighted by Crippen LogP contribution is 2.26. The van der Waals surface area contributed by atoms with Gasteiger partial charge in [-0.05, 0) is 58.9 Å². The predicted molar refractivity (Wildman–Crippen MR) is 86.6 cm³/mol. The second-order valence-electron chi connectivity index (χ2n) is 4.51. The lowest BCUT2D eigenvalue weighted by molar-refractivity contribution is 0.276. The Kier molecular flexibility index (Phi) is 4.95. The Bertz CT molecular complexity index is 586. The van der Waals surface area contributed by atoms with E-state index in [1.807, 2.05) is 23.1 Å². The quantitative estimate of drug-likeness (QED) is 0.483. The lowest BCUT2D eigenvalue weighted by Gasteiger charge is -2.39. The number of benzene rings is 1. The summed E-state index contributed by atoms with van der Waals surface area (Å²) in [6, 6.07) is 3.85. The zero-order valence-corrected chi connectivity index (χ0v) is 13.4. The first-order valence-electron chi connectivity index (χ1n) is 6.24. The first-order chi connectivity index (χ1) is 9.92. The summed E-state index contributed by atoms with van der Waals surface area (Å²) in [4.78, 5) is 1.82. The second-order valence-corrected chi connectivity index (χ2v) is 6.16. The lowest BCUT2D eigenvalue weighted by Crippen LogP contribution is -2.55. The third-order valence-corrected chi connectivity index (χ3v) is 4.10. The molecule has 3 nitrogen and oxygen atoms in total. The number of nitrogens with zero attached hydrogens (tertiary/aromatic N) is 1. The van der Waals surface area contributed by atoms with Crippen molar-refractivity contribution in [3.63, 3.8) is 0 Å². The van der Waals surface area contributed by atoms with Gasteiger partial charge in [-0.25, -0.2) is 8.78 Å². The van der Waals surface area contributed by atoms with Crippen molar-refractivity contribution in [1.29, 1.82) is 0 Å². The SMILES string of the molecule is NC(=S)NC1(Br)C=CC=CN1CCc1c(F)cccc1F. The minimum absolute atomic E-state index is 0.0608. The highest BCUT2D eigenvalue weighted by atomic mass is 79.9. The molecule has 1 aromatic rings. The predicted octanol–water partition coefficient (Wildman–Crippen LogP) is 2.77. The van der Waals surface area contributed by atoms with Gasteiger partial charge in [0.05, 0.1) is 0 Å². The molecule has 1 unspecified atom stereocenters. The Morgan fingerprint density at radius 3 is 2.62 bits per heavy atom. The third-order valence-electron chi connectivity index (χ3n) is 3.08. The van der Waals surface area contributed by atoms with Gasteiger partial charge in [0.15, 0.2) is 9.68 Å². The molecule has 0 saturated heterocycles. The van der Waals surface area contributed by atoms with Crippen LogP contribution in [0.3, 0.4) is 0 Å². The number of halogens is 3. The fourth-order valence-corrected chi connectivity index (χ4v) is 3.02. The van der Waals surface area contributed by atoms with E-state index in [0.29, 0.717) is 6.54 Å². The molecule has 1 aliphatic heterocycles. The van der Waals surface area contributed by atoms with Crippen molar-refractivity contribution in [1.82, 2.24) is 10.2 Å². The van der Waals surface area contributed by atoms with Crippen molar-refractivity contribution in [2.75, 3.05) is 6.54 Å². The maximum Gasteiger partial charge on any atom is 0.189 e. The van der Waals surface area contributed by atoms with Gasteiger partial charge in [0.25, 0.3) is 0 Å². The van der Waals surface area contributed by atoms with E-state index in [-0.39, 0.29) is 17.1 Å². The van der Waals surface area contributed by atoms with Crippen LogP contribution in [0.1, 0.15) is 5.56 Å². The van der Waals surface area contributed by atoms with Crippen molar-refractivity contribution in [3.8, 4) is 0 Å². The normalized spacial score (nSPS) is 20.6. The van der Waals surface area contributed by atoms with Gasteiger partial charge in [-0.1, -0.05) is 12.1 Å². The van der Waals surface area contributed by atoms with Crippen LogP contribution in [0.15, 0.2) is 42.6 Å². The molecule has 1 atom stereocenters. The van der Waals surface area contributed by atoms with Gasteiger partial charge in [0.1, 0.15) is 11.6 Å². The zero-order chi connectivity index (χ0) is 15.5. The Hall–Kier alpha value is -1.47. The van der Waals surface area contributed by atoms with Crippen LogP contribution in [0.4, 0.5) is 8.78 Å². The van der Waals surface area contributed by atoms with Crippen LogP contribution in [-0.2, 0) is 6.42 Å². The first kappa shape index (κ1) is 15.9. The molecular formula is C14H14BrF2N3S. The molecule has 0 amide bonds. The van der Waals surface area contributed by atoms with Gasteiger partial charge in [0, 0.05) is 18.3 Å². The smallest absolute Gasteiger partial charge is 0.189 e. The Morgan fingerprint density at radius 1 is 1.33 bits per heavy atom. The first-order valence-corrected chi connectivity index (χ1v) is 7.45. The molecule has 0 saturated carbocycles. The minimum Gasteiger partial charge on any atom is -0.376 e. The summed E-state index contributed by atoms with van der Waals surface area (Å²) in [6.45, 7) is 0.375. The molecule has 2 rings (SSSR count). The number of nitrogens with two attached hydrogens (primary N) is 1. The molecule has 0 spiro atoms. The van der Waals surface area contributed by atoms with E-state index in [2.05, 4.69) is 21.2 Å². The number of allylic oxidation sites excluding steroid dienone is 2. The van der Waals surface area contributed by atoms with Crippen LogP contribution in [0.5, 0.6) is 0 Å². The topological polar surface area (TPSA) is 41.3 Å².